The summed E-state index contributed by atoms with van der Waals surface area (Å²) in [5.74, 6) is -1.25. The minimum absolute atomic E-state index is 0.123. The first kappa shape index (κ1) is 20.7. The Kier molecular flexibility index (Phi) is 6.04. The van der Waals surface area contributed by atoms with Crippen LogP contribution in [0, 0.1) is 23.2 Å². The molecule has 3 rings (SSSR count). The molecular weight excluding hydrogens is 476 g/mol. The fourth-order valence-electron chi connectivity index (χ4n) is 3.60. The molecular formula is C21H21FINO4. The van der Waals surface area contributed by atoms with Crippen molar-refractivity contribution < 1.29 is 23.8 Å². The highest BCUT2D eigenvalue weighted by Crippen LogP contribution is 2.37. The lowest BCUT2D eigenvalue weighted by Gasteiger charge is -2.33. The maximum Gasteiger partial charge on any atom is 0.339 e. The zero-order valence-corrected chi connectivity index (χ0v) is 18.0. The number of halogens is 2. The van der Waals surface area contributed by atoms with Crippen molar-refractivity contribution in [3.63, 3.8) is 0 Å². The van der Waals surface area contributed by atoms with Gasteiger partial charge in [0.2, 0.25) is 5.91 Å². The summed E-state index contributed by atoms with van der Waals surface area (Å²) in [4.78, 5) is 26.4. The second-order valence-electron chi connectivity index (χ2n) is 6.73. The van der Waals surface area contributed by atoms with E-state index >= 15 is 0 Å². The Morgan fingerprint density at radius 2 is 2.04 bits per heavy atom. The summed E-state index contributed by atoms with van der Waals surface area (Å²) in [6.45, 7) is 5.89. The number of hydrogen-bond donors (Lipinski definition) is 1. The van der Waals surface area contributed by atoms with Crippen molar-refractivity contribution in [2.45, 2.75) is 39.8 Å². The van der Waals surface area contributed by atoms with Crippen molar-refractivity contribution in [3.8, 4) is 0 Å². The van der Waals surface area contributed by atoms with Crippen LogP contribution in [0.3, 0.4) is 0 Å². The molecule has 0 spiro atoms. The number of fused-ring (bicyclic) bond motifs is 1. The number of rotatable bonds is 4. The number of carbonyl (C=O) groups is 2. The van der Waals surface area contributed by atoms with E-state index < -0.39 is 17.9 Å². The number of hydrogen-bond acceptors (Lipinski definition) is 4. The van der Waals surface area contributed by atoms with Crippen molar-refractivity contribution in [1.29, 1.82) is 0 Å². The second kappa shape index (κ2) is 8.16. The molecule has 0 aliphatic carbocycles. The molecule has 0 radical (unpaired) electrons. The van der Waals surface area contributed by atoms with Crippen LogP contribution in [0.25, 0.3) is 0 Å². The fourth-order valence-corrected chi connectivity index (χ4v) is 4.63. The predicted octanol–water partition coefficient (Wildman–Crippen LogP) is 3.73. The van der Waals surface area contributed by atoms with Crippen LogP contribution in [0.4, 0.5) is 10.1 Å². The molecule has 1 amide bonds. The van der Waals surface area contributed by atoms with Crippen LogP contribution in [0.2, 0.25) is 0 Å². The number of aliphatic hydroxyl groups excluding tert-OH is 1. The Balaban J connectivity index is 2.07. The lowest BCUT2D eigenvalue weighted by atomic mass is 9.86. The first-order valence-corrected chi connectivity index (χ1v) is 10.0. The van der Waals surface area contributed by atoms with Gasteiger partial charge >= 0.3 is 5.97 Å². The summed E-state index contributed by atoms with van der Waals surface area (Å²) in [5, 5.41) is 10.5. The van der Waals surface area contributed by atoms with E-state index in [1.54, 1.807) is 24.0 Å². The van der Waals surface area contributed by atoms with Gasteiger partial charge in [-0.1, -0.05) is 6.07 Å². The fraction of sp³-hybridized carbons (Fsp3) is 0.333. The van der Waals surface area contributed by atoms with Gasteiger partial charge in [-0.3, -0.25) is 4.79 Å². The molecule has 7 heteroatoms. The Bertz CT molecular complexity index is 960. The van der Waals surface area contributed by atoms with Crippen molar-refractivity contribution in [2.24, 2.45) is 0 Å². The summed E-state index contributed by atoms with van der Waals surface area (Å²) in [5.41, 5.74) is 4.39. The smallest absolute Gasteiger partial charge is 0.339 e. The lowest BCUT2D eigenvalue weighted by molar-refractivity contribution is -0.153. The molecule has 1 atom stereocenters. The van der Waals surface area contributed by atoms with E-state index in [0.29, 0.717) is 17.8 Å². The zero-order chi connectivity index (χ0) is 20.6. The van der Waals surface area contributed by atoms with Crippen LogP contribution in [0.15, 0.2) is 24.3 Å². The second-order valence-corrected chi connectivity index (χ2v) is 7.80. The van der Waals surface area contributed by atoms with Gasteiger partial charge in [0.1, 0.15) is 5.82 Å². The monoisotopic (exact) mass is 497 g/mol. The van der Waals surface area contributed by atoms with Gasteiger partial charge in [-0.25, -0.2) is 9.18 Å². The van der Waals surface area contributed by atoms with Crippen LogP contribution in [-0.2, 0) is 27.3 Å². The molecule has 28 heavy (non-hydrogen) atoms. The SMILES string of the molecule is CCOC(=O)[C@@H](O)c1c(C)c2c(c(C)c1I)CN(c1cccc(F)c1)C(=O)C2. The van der Waals surface area contributed by atoms with Crippen LogP contribution >= 0.6 is 22.6 Å². The molecule has 1 N–H and O–H groups in total. The predicted molar refractivity (Wildman–Crippen MR) is 112 cm³/mol. The van der Waals surface area contributed by atoms with E-state index in [9.17, 15) is 19.1 Å². The van der Waals surface area contributed by atoms with E-state index in [1.165, 1.54) is 12.1 Å². The Morgan fingerprint density at radius 1 is 1.32 bits per heavy atom. The highest BCUT2D eigenvalue weighted by atomic mass is 127. The number of benzene rings is 2. The van der Waals surface area contributed by atoms with Gasteiger partial charge in [0.25, 0.3) is 0 Å². The quantitative estimate of drug-likeness (QED) is 0.517. The number of nitrogens with zero attached hydrogens (tertiary/aromatic N) is 1. The van der Waals surface area contributed by atoms with E-state index in [0.717, 1.165) is 25.8 Å². The third-order valence-corrected chi connectivity index (χ3v) is 6.48. The molecule has 148 valence electrons. The molecule has 1 aliphatic heterocycles. The van der Waals surface area contributed by atoms with E-state index in [-0.39, 0.29) is 18.9 Å². The van der Waals surface area contributed by atoms with Gasteiger partial charge in [-0.05, 0) is 83.8 Å². The third kappa shape index (κ3) is 3.65. The van der Waals surface area contributed by atoms with Crippen LogP contribution in [0.5, 0.6) is 0 Å². The molecule has 2 aromatic rings. The van der Waals surface area contributed by atoms with E-state index in [4.69, 9.17) is 4.74 Å². The molecule has 5 nitrogen and oxygen atoms in total. The van der Waals surface area contributed by atoms with Gasteiger partial charge in [-0.15, -0.1) is 0 Å². The molecule has 1 heterocycles. The molecule has 2 aromatic carbocycles. The minimum atomic E-state index is -1.40. The number of amides is 1. The summed E-state index contributed by atoms with van der Waals surface area (Å²) >= 11 is 2.11. The van der Waals surface area contributed by atoms with Gasteiger partial charge < -0.3 is 14.7 Å². The Hall–Kier alpha value is -2.00. The highest BCUT2D eigenvalue weighted by molar-refractivity contribution is 14.1. The number of ether oxygens (including phenoxy) is 1. The number of carbonyl (C=O) groups excluding carboxylic acids is 2. The Labute approximate surface area is 176 Å². The summed E-state index contributed by atoms with van der Waals surface area (Å²) in [6.07, 6.45) is -1.27. The van der Waals surface area contributed by atoms with Crippen molar-refractivity contribution in [1.82, 2.24) is 0 Å². The van der Waals surface area contributed by atoms with Crippen molar-refractivity contribution in [2.75, 3.05) is 11.5 Å². The largest absolute Gasteiger partial charge is 0.464 e. The number of anilines is 1. The molecule has 0 fully saturated rings. The standard InChI is InChI=1S/C21H21FINO4/c1-4-28-21(27)20(26)18-11(2)15-9-17(25)24(10-16(15)12(3)19(18)23)14-7-5-6-13(22)8-14/h5-8,20,26H,4,9-10H2,1-3H3/t20-/m0/s1. The normalized spacial score (nSPS) is 14.6. The topological polar surface area (TPSA) is 66.8 Å². The minimum Gasteiger partial charge on any atom is -0.464 e. The number of aliphatic hydroxyl groups is 1. The average Bonchev–Trinajstić information content (AvgIpc) is 2.66. The van der Waals surface area contributed by atoms with E-state index in [2.05, 4.69) is 22.6 Å². The summed E-state index contributed by atoms with van der Waals surface area (Å²) in [7, 11) is 0. The van der Waals surface area contributed by atoms with E-state index in [1.807, 2.05) is 13.8 Å². The highest BCUT2D eigenvalue weighted by Gasteiger charge is 2.32. The van der Waals surface area contributed by atoms with Crippen LogP contribution < -0.4 is 4.90 Å². The van der Waals surface area contributed by atoms with Crippen molar-refractivity contribution >= 4 is 40.2 Å². The summed E-state index contributed by atoms with van der Waals surface area (Å²) in [6, 6.07) is 5.97. The van der Waals surface area contributed by atoms with Crippen LogP contribution in [0.1, 0.15) is 40.8 Å². The maximum atomic E-state index is 13.6. The van der Waals surface area contributed by atoms with Gasteiger partial charge in [0.05, 0.1) is 19.6 Å². The zero-order valence-electron chi connectivity index (χ0n) is 15.9. The molecule has 0 unspecified atom stereocenters. The first-order valence-electron chi connectivity index (χ1n) is 8.97. The Morgan fingerprint density at radius 3 is 2.68 bits per heavy atom. The van der Waals surface area contributed by atoms with Gasteiger partial charge in [0.15, 0.2) is 6.10 Å². The van der Waals surface area contributed by atoms with Crippen molar-refractivity contribution in [3.05, 3.63) is 61.5 Å². The summed E-state index contributed by atoms with van der Waals surface area (Å²) < 4.78 is 19.3. The molecule has 0 saturated carbocycles. The third-order valence-electron chi connectivity index (χ3n) is 5.09. The molecule has 0 aromatic heterocycles. The lowest BCUT2D eigenvalue weighted by Crippen LogP contribution is -2.37. The van der Waals surface area contributed by atoms with Crippen LogP contribution in [-0.4, -0.2) is 23.6 Å². The first-order chi connectivity index (χ1) is 13.3. The maximum absolute atomic E-state index is 13.6. The van der Waals surface area contributed by atoms with Gasteiger partial charge in [0, 0.05) is 14.8 Å². The molecule has 1 aliphatic rings. The average molecular weight is 497 g/mol. The molecule has 0 bridgehead atoms. The van der Waals surface area contributed by atoms with Gasteiger partial charge in [-0.2, -0.15) is 0 Å². The number of esters is 1. The molecule has 0 saturated heterocycles.